The fourth-order valence-electron chi connectivity index (χ4n) is 0.719. The predicted molar refractivity (Wildman–Crippen MR) is 45.4 cm³/mol. The Hall–Kier alpha value is -1.21. The van der Waals surface area contributed by atoms with E-state index in [1.54, 1.807) is 30.3 Å². The summed E-state index contributed by atoms with van der Waals surface area (Å²) in [5, 5.41) is 0.530. The number of hydrogen-bond donors (Lipinski definition) is 0. The zero-order chi connectivity index (χ0) is 8.97. The second-order valence-electron chi connectivity index (χ2n) is 2.18. The molecule has 0 aliphatic carbocycles. The molecule has 1 aromatic carbocycles. The van der Waals surface area contributed by atoms with E-state index in [9.17, 15) is 9.36 Å². The first-order valence-electron chi connectivity index (χ1n) is 3.41. The maximum atomic E-state index is 11.2. The van der Waals surface area contributed by atoms with Crippen molar-refractivity contribution in [2.45, 2.75) is 6.92 Å². The van der Waals surface area contributed by atoms with Crippen LogP contribution in [0, 0.1) is 0 Å². The van der Waals surface area contributed by atoms with Crippen molar-refractivity contribution in [2.24, 2.45) is 0 Å². The lowest BCUT2D eigenvalue weighted by molar-refractivity contribution is -0.131. The Bertz CT molecular complexity index is 294. The summed E-state index contributed by atoms with van der Waals surface area (Å²) < 4.78 is 15.7. The van der Waals surface area contributed by atoms with Crippen LogP contribution in [0.4, 0.5) is 0 Å². The van der Waals surface area contributed by atoms with Gasteiger partial charge in [0, 0.05) is 6.92 Å². The Balaban J connectivity index is 2.73. The molecule has 1 unspecified atom stereocenters. The molecule has 0 radical (unpaired) electrons. The van der Waals surface area contributed by atoms with Gasteiger partial charge in [0.15, 0.2) is 0 Å². The van der Waals surface area contributed by atoms with Crippen molar-refractivity contribution in [3.05, 3.63) is 30.3 Å². The van der Waals surface area contributed by atoms with Gasteiger partial charge < -0.3 is 0 Å². The van der Waals surface area contributed by atoms with Gasteiger partial charge in [0.25, 0.3) is 0 Å². The van der Waals surface area contributed by atoms with E-state index in [-0.39, 0.29) is 0 Å². The van der Waals surface area contributed by atoms with E-state index in [0.29, 0.717) is 5.30 Å². The summed E-state index contributed by atoms with van der Waals surface area (Å²) in [6, 6.07) is 8.60. The van der Waals surface area contributed by atoms with Crippen molar-refractivity contribution in [1.82, 2.24) is 0 Å². The molecule has 0 fully saturated rings. The maximum absolute atomic E-state index is 11.2. The zero-order valence-corrected chi connectivity index (χ0v) is 7.45. The highest BCUT2D eigenvalue weighted by Gasteiger charge is 2.23. The third-order valence-corrected chi connectivity index (χ3v) is 2.32. The summed E-state index contributed by atoms with van der Waals surface area (Å²) in [6.45, 7) is 1.23. The van der Waals surface area contributed by atoms with Gasteiger partial charge in [0.05, 0.1) is 0 Å². The van der Waals surface area contributed by atoms with E-state index < -0.39 is 14.0 Å². The van der Waals surface area contributed by atoms with Crippen molar-refractivity contribution in [3.8, 4) is 0 Å². The quantitative estimate of drug-likeness (QED) is 0.654. The Morgan fingerprint density at radius 3 is 2.42 bits per heavy atom. The molecule has 3 nitrogen and oxygen atoms in total. The summed E-state index contributed by atoms with van der Waals surface area (Å²) in [5.74, 6) is -0.528. The monoisotopic (exact) mass is 183 g/mol. The molecule has 1 rings (SSSR count). The topological polar surface area (TPSA) is 43.4 Å². The number of hydrogen-bond acceptors (Lipinski definition) is 3. The standard InChI is InChI=1S/C8H8O3P/c1-7(9)11-12(10)8-5-3-2-4-6-8/h2-6H,1H3/q+1. The highest BCUT2D eigenvalue weighted by molar-refractivity contribution is 7.48. The van der Waals surface area contributed by atoms with Crippen LogP contribution in [0.15, 0.2) is 30.3 Å². The molecule has 0 aliphatic heterocycles. The van der Waals surface area contributed by atoms with Gasteiger partial charge >= 0.3 is 14.0 Å². The van der Waals surface area contributed by atoms with Crippen LogP contribution >= 0.6 is 8.03 Å². The molecule has 0 spiro atoms. The molecule has 0 amide bonds. The van der Waals surface area contributed by atoms with Crippen molar-refractivity contribution in [1.29, 1.82) is 0 Å². The number of rotatable bonds is 2. The van der Waals surface area contributed by atoms with Crippen LogP contribution in [0.5, 0.6) is 0 Å². The van der Waals surface area contributed by atoms with E-state index in [4.69, 9.17) is 0 Å². The van der Waals surface area contributed by atoms with Crippen molar-refractivity contribution >= 4 is 19.3 Å². The summed E-state index contributed by atoms with van der Waals surface area (Å²) in [5.41, 5.74) is 0. The summed E-state index contributed by atoms with van der Waals surface area (Å²) in [4.78, 5) is 10.4. The van der Waals surface area contributed by atoms with E-state index in [0.717, 1.165) is 0 Å². The van der Waals surface area contributed by atoms with Crippen LogP contribution < -0.4 is 5.30 Å². The fourth-order valence-corrected chi connectivity index (χ4v) is 1.47. The third kappa shape index (κ3) is 2.44. The summed E-state index contributed by atoms with van der Waals surface area (Å²) in [6.07, 6.45) is 0. The van der Waals surface area contributed by atoms with Gasteiger partial charge in [-0.1, -0.05) is 18.2 Å². The summed E-state index contributed by atoms with van der Waals surface area (Å²) >= 11 is 0. The van der Waals surface area contributed by atoms with Crippen LogP contribution in [0.25, 0.3) is 0 Å². The average molecular weight is 183 g/mol. The van der Waals surface area contributed by atoms with Gasteiger partial charge in [-0.2, -0.15) is 0 Å². The lowest BCUT2D eigenvalue weighted by Crippen LogP contribution is -1.99. The second-order valence-corrected chi connectivity index (χ2v) is 3.39. The first-order chi connectivity index (χ1) is 5.70. The molecule has 1 atom stereocenters. The third-order valence-electron chi connectivity index (χ3n) is 1.18. The number of benzene rings is 1. The smallest absolute Gasteiger partial charge is 0.247 e. The molecular formula is C8H8O3P+. The minimum absolute atomic E-state index is 0.528. The van der Waals surface area contributed by atoms with Gasteiger partial charge in [-0.05, 0) is 16.7 Å². The predicted octanol–water partition coefficient (Wildman–Crippen LogP) is 1.62. The van der Waals surface area contributed by atoms with E-state index in [1.165, 1.54) is 6.92 Å². The minimum atomic E-state index is -2.01. The van der Waals surface area contributed by atoms with Gasteiger partial charge in [0.1, 0.15) is 0 Å². The summed E-state index contributed by atoms with van der Waals surface area (Å²) in [7, 11) is -2.01. The van der Waals surface area contributed by atoms with Gasteiger partial charge in [-0.15, -0.1) is 0 Å². The highest BCUT2D eigenvalue weighted by atomic mass is 31.1. The Labute approximate surface area is 71.2 Å². The maximum Gasteiger partial charge on any atom is 0.600 e. The van der Waals surface area contributed by atoms with Crippen LogP contribution in [0.2, 0.25) is 0 Å². The molecule has 62 valence electrons. The average Bonchev–Trinajstić information content (AvgIpc) is 2.05. The van der Waals surface area contributed by atoms with Crippen LogP contribution in [0.1, 0.15) is 6.92 Å². The number of carbonyl (C=O) groups is 1. The van der Waals surface area contributed by atoms with Crippen molar-refractivity contribution in [2.75, 3.05) is 0 Å². The molecule has 0 saturated heterocycles. The van der Waals surface area contributed by atoms with E-state index in [2.05, 4.69) is 4.52 Å². The van der Waals surface area contributed by atoms with Gasteiger partial charge in [-0.25, -0.2) is 9.32 Å². The van der Waals surface area contributed by atoms with Crippen molar-refractivity contribution in [3.63, 3.8) is 0 Å². The first kappa shape index (κ1) is 8.88. The molecule has 0 aliphatic rings. The molecule has 0 bridgehead atoms. The van der Waals surface area contributed by atoms with Crippen LogP contribution in [-0.2, 0) is 13.9 Å². The minimum Gasteiger partial charge on any atom is -0.247 e. The van der Waals surface area contributed by atoms with Crippen LogP contribution in [-0.4, -0.2) is 5.97 Å². The zero-order valence-electron chi connectivity index (χ0n) is 6.56. The van der Waals surface area contributed by atoms with Gasteiger partial charge in [-0.3, -0.25) is 0 Å². The second kappa shape index (κ2) is 3.98. The molecule has 0 heterocycles. The lowest BCUT2D eigenvalue weighted by Gasteiger charge is -1.84. The van der Waals surface area contributed by atoms with E-state index >= 15 is 0 Å². The van der Waals surface area contributed by atoms with Gasteiger partial charge in [0.2, 0.25) is 5.30 Å². The molecule has 0 aromatic heterocycles. The normalized spacial score (nSPS) is 10.6. The Morgan fingerprint density at radius 2 is 1.92 bits per heavy atom. The Morgan fingerprint density at radius 1 is 1.33 bits per heavy atom. The molecule has 4 heteroatoms. The van der Waals surface area contributed by atoms with Crippen LogP contribution in [0.3, 0.4) is 0 Å². The molecule has 0 saturated carbocycles. The van der Waals surface area contributed by atoms with E-state index in [1.807, 2.05) is 0 Å². The molecule has 1 aromatic rings. The highest BCUT2D eigenvalue weighted by Crippen LogP contribution is 2.20. The number of carbonyl (C=O) groups excluding carboxylic acids is 1. The fraction of sp³-hybridized carbons (Fsp3) is 0.125. The SMILES string of the molecule is CC(=O)O[P+](=O)c1ccccc1. The first-order valence-corrected chi connectivity index (χ1v) is 4.59. The molecular weight excluding hydrogens is 175 g/mol. The molecule has 0 N–H and O–H groups in total. The van der Waals surface area contributed by atoms with Crippen molar-refractivity contribution < 1.29 is 13.9 Å². The molecule has 12 heavy (non-hydrogen) atoms. The lowest BCUT2D eigenvalue weighted by atomic mass is 10.4. The Kier molecular flexibility index (Phi) is 2.94. The largest absolute Gasteiger partial charge is 0.600 e.